The molecule has 1 N–H and O–H groups in total. The summed E-state index contributed by atoms with van der Waals surface area (Å²) in [4.78, 5) is 24.7. The number of benzene rings is 2. The number of methoxy groups -OCH3 is 2. The van der Waals surface area contributed by atoms with Crippen molar-refractivity contribution >= 4 is 11.6 Å². The SMILES string of the molecule is COc1ccc(OC)c(NC(=O)[C@H](C)Oc2ccc(=O)n(-c3ccc(F)cc3)n2)c1. The zero-order chi connectivity index (χ0) is 21.7. The van der Waals surface area contributed by atoms with Crippen LogP contribution in [0.4, 0.5) is 10.1 Å². The van der Waals surface area contributed by atoms with Crippen LogP contribution in [0, 0.1) is 5.82 Å². The van der Waals surface area contributed by atoms with Gasteiger partial charge in [-0.3, -0.25) is 9.59 Å². The van der Waals surface area contributed by atoms with E-state index in [1.807, 2.05) is 0 Å². The van der Waals surface area contributed by atoms with Crippen LogP contribution in [0.2, 0.25) is 0 Å². The maximum absolute atomic E-state index is 13.1. The van der Waals surface area contributed by atoms with Gasteiger partial charge >= 0.3 is 0 Å². The minimum atomic E-state index is -0.937. The van der Waals surface area contributed by atoms with Crippen LogP contribution in [0.15, 0.2) is 59.4 Å². The van der Waals surface area contributed by atoms with E-state index < -0.39 is 23.4 Å². The fourth-order valence-corrected chi connectivity index (χ4v) is 2.61. The third kappa shape index (κ3) is 4.75. The minimum Gasteiger partial charge on any atom is -0.497 e. The molecule has 0 aliphatic heterocycles. The van der Waals surface area contributed by atoms with Gasteiger partial charge in [0.15, 0.2) is 6.10 Å². The number of amides is 1. The van der Waals surface area contributed by atoms with Crippen LogP contribution >= 0.6 is 0 Å². The summed E-state index contributed by atoms with van der Waals surface area (Å²) in [6.45, 7) is 1.54. The average molecular weight is 413 g/mol. The number of ether oxygens (including phenoxy) is 3. The number of hydrogen-bond acceptors (Lipinski definition) is 6. The highest BCUT2D eigenvalue weighted by molar-refractivity contribution is 5.95. The fourth-order valence-electron chi connectivity index (χ4n) is 2.61. The van der Waals surface area contributed by atoms with Crippen molar-refractivity contribution in [2.45, 2.75) is 13.0 Å². The predicted octanol–water partition coefficient (Wildman–Crippen LogP) is 2.79. The smallest absolute Gasteiger partial charge is 0.271 e. The molecule has 3 aromatic rings. The molecule has 0 saturated heterocycles. The van der Waals surface area contributed by atoms with Gasteiger partial charge in [-0.15, -0.1) is 5.10 Å². The number of nitrogens with zero attached hydrogens (tertiary/aromatic N) is 2. The van der Waals surface area contributed by atoms with Crippen LogP contribution in [-0.2, 0) is 4.79 Å². The Morgan fingerprint density at radius 2 is 1.80 bits per heavy atom. The van der Waals surface area contributed by atoms with Gasteiger partial charge in [0, 0.05) is 18.2 Å². The Labute approximate surface area is 171 Å². The van der Waals surface area contributed by atoms with E-state index in [0.29, 0.717) is 22.9 Å². The van der Waals surface area contributed by atoms with Crippen molar-refractivity contribution in [2.24, 2.45) is 0 Å². The second-order valence-corrected chi connectivity index (χ2v) is 6.21. The second-order valence-electron chi connectivity index (χ2n) is 6.21. The van der Waals surface area contributed by atoms with Crippen LogP contribution < -0.4 is 25.1 Å². The molecule has 0 bridgehead atoms. The topological polar surface area (TPSA) is 91.7 Å². The molecule has 1 heterocycles. The average Bonchev–Trinajstić information content (AvgIpc) is 2.75. The highest BCUT2D eigenvalue weighted by Crippen LogP contribution is 2.29. The lowest BCUT2D eigenvalue weighted by atomic mass is 10.2. The second kappa shape index (κ2) is 9.08. The zero-order valence-electron chi connectivity index (χ0n) is 16.6. The molecular formula is C21H20FN3O5. The van der Waals surface area contributed by atoms with E-state index in [4.69, 9.17) is 14.2 Å². The first-order valence-electron chi connectivity index (χ1n) is 8.97. The van der Waals surface area contributed by atoms with Crippen molar-refractivity contribution < 1.29 is 23.4 Å². The van der Waals surface area contributed by atoms with Crippen molar-refractivity contribution in [3.63, 3.8) is 0 Å². The van der Waals surface area contributed by atoms with Crippen molar-refractivity contribution in [1.29, 1.82) is 0 Å². The molecule has 30 heavy (non-hydrogen) atoms. The Bertz CT molecular complexity index is 1100. The van der Waals surface area contributed by atoms with Crippen LogP contribution in [0.1, 0.15) is 6.92 Å². The molecule has 2 aromatic carbocycles. The molecule has 0 aliphatic carbocycles. The molecule has 3 rings (SSSR count). The number of halogens is 1. The summed E-state index contributed by atoms with van der Waals surface area (Å²) >= 11 is 0. The van der Waals surface area contributed by atoms with Crippen molar-refractivity contribution in [3.8, 4) is 23.1 Å². The van der Waals surface area contributed by atoms with Gasteiger partial charge in [0.2, 0.25) is 5.88 Å². The highest BCUT2D eigenvalue weighted by atomic mass is 19.1. The van der Waals surface area contributed by atoms with Crippen molar-refractivity contribution in [1.82, 2.24) is 9.78 Å². The standard InChI is InChI=1S/C21H20FN3O5/c1-13(21(27)23-17-12-16(28-2)8-9-18(17)29-3)30-19-10-11-20(26)25(24-19)15-6-4-14(22)5-7-15/h4-13H,1-3H3,(H,23,27)/t13-/m0/s1. The number of carbonyl (C=O) groups excluding carboxylic acids is 1. The number of aromatic nitrogens is 2. The highest BCUT2D eigenvalue weighted by Gasteiger charge is 2.18. The first kappa shape index (κ1) is 20.8. The Morgan fingerprint density at radius 1 is 1.07 bits per heavy atom. The van der Waals surface area contributed by atoms with Crippen LogP contribution in [0.25, 0.3) is 5.69 Å². The van der Waals surface area contributed by atoms with Crippen molar-refractivity contribution in [3.05, 3.63) is 70.8 Å². The molecule has 0 fully saturated rings. The molecule has 156 valence electrons. The van der Waals surface area contributed by atoms with Crippen molar-refractivity contribution in [2.75, 3.05) is 19.5 Å². The fraction of sp³-hybridized carbons (Fsp3) is 0.190. The lowest BCUT2D eigenvalue weighted by Crippen LogP contribution is -2.31. The van der Waals surface area contributed by atoms with Gasteiger partial charge in [0.25, 0.3) is 11.5 Å². The van der Waals surface area contributed by atoms with Gasteiger partial charge in [-0.05, 0) is 43.3 Å². The van der Waals surface area contributed by atoms with E-state index in [1.54, 1.807) is 18.2 Å². The summed E-state index contributed by atoms with van der Waals surface area (Å²) in [5, 5.41) is 6.81. The molecule has 1 atom stereocenters. The van der Waals surface area contributed by atoms with Crippen LogP contribution in [0.3, 0.4) is 0 Å². The zero-order valence-corrected chi connectivity index (χ0v) is 16.6. The summed E-state index contributed by atoms with van der Waals surface area (Å²) < 4.78 is 30.2. The third-order valence-corrected chi connectivity index (χ3v) is 4.18. The number of anilines is 1. The van der Waals surface area contributed by atoms with Gasteiger partial charge in [-0.25, -0.2) is 4.39 Å². The van der Waals surface area contributed by atoms with E-state index >= 15 is 0 Å². The van der Waals surface area contributed by atoms with Gasteiger partial charge < -0.3 is 19.5 Å². The Morgan fingerprint density at radius 3 is 2.47 bits per heavy atom. The molecule has 0 saturated carbocycles. The van der Waals surface area contributed by atoms with E-state index in [1.165, 1.54) is 57.5 Å². The predicted molar refractivity (Wildman–Crippen MR) is 108 cm³/mol. The molecule has 1 aromatic heterocycles. The van der Waals surface area contributed by atoms with E-state index in [0.717, 1.165) is 4.68 Å². The maximum atomic E-state index is 13.1. The summed E-state index contributed by atoms with van der Waals surface area (Å²) in [6.07, 6.45) is -0.937. The lowest BCUT2D eigenvalue weighted by molar-refractivity contribution is -0.122. The monoisotopic (exact) mass is 413 g/mol. The van der Waals surface area contributed by atoms with E-state index in [-0.39, 0.29) is 5.88 Å². The molecule has 0 radical (unpaired) electrons. The van der Waals surface area contributed by atoms with Crippen LogP contribution in [-0.4, -0.2) is 36.0 Å². The summed E-state index contributed by atoms with van der Waals surface area (Å²) in [6, 6.07) is 12.9. The molecule has 0 spiro atoms. The Hall–Kier alpha value is -3.88. The molecule has 0 aliphatic rings. The van der Waals surface area contributed by atoms with E-state index in [9.17, 15) is 14.0 Å². The lowest BCUT2D eigenvalue weighted by Gasteiger charge is -2.16. The summed E-state index contributed by atoms with van der Waals surface area (Å²) in [7, 11) is 3.00. The van der Waals surface area contributed by atoms with Gasteiger partial charge in [0.1, 0.15) is 17.3 Å². The molecule has 9 heteroatoms. The van der Waals surface area contributed by atoms with Gasteiger partial charge in [-0.2, -0.15) is 4.68 Å². The largest absolute Gasteiger partial charge is 0.497 e. The first-order valence-corrected chi connectivity index (χ1v) is 8.97. The number of hydrogen-bond donors (Lipinski definition) is 1. The van der Waals surface area contributed by atoms with Gasteiger partial charge in [-0.1, -0.05) is 0 Å². The molecular weight excluding hydrogens is 393 g/mol. The number of rotatable bonds is 7. The Kier molecular flexibility index (Phi) is 6.31. The quantitative estimate of drug-likeness (QED) is 0.641. The Balaban J connectivity index is 1.77. The normalized spacial score (nSPS) is 11.5. The number of carbonyl (C=O) groups is 1. The van der Waals surface area contributed by atoms with E-state index in [2.05, 4.69) is 10.4 Å². The first-order chi connectivity index (χ1) is 14.4. The molecule has 0 unspecified atom stereocenters. The molecule has 1 amide bonds. The van der Waals surface area contributed by atoms with Gasteiger partial charge in [0.05, 0.1) is 25.6 Å². The maximum Gasteiger partial charge on any atom is 0.271 e. The third-order valence-electron chi connectivity index (χ3n) is 4.18. The van der Waals surface area contributed by atoms with Crippen LogP contribution in [0.5, 0.6) is 17.4 Å². The molecule has 8 nitrogen and oxygen atoms in total. The minimum absolute atomic E-state index is 0.0548. The summed E-state index contributed by atoms with van der Waals surface area (Å²) in [5.74, 6) is 0.173. The summed E-state index contributed by atoms with van der Waals surface area (Å²) in [5.41, 5.74) is 0.360. The number of nitrogens with one attached hydrogen (secondary N) is 1.